The molecule has 3 heterocycles. The van der Waals surface area contributed by atoms with E-state index in [9.17, 15) is 4.79 Å². The molecule has 6 nitrogen and oxygen atoms in total. The SMILES string of the molecule is C=CCON1C(=O)N2CC(n3cccn3)=C[C@@H]1C2. The van der Waals surface area contributed by atoms with Gasteiger partial charge in [0.25, 0.3) is 0 Å². The molecule has 0 saturated carbocycles. The van der Waals surface area contributed by atoms with Gasteiger partial charge in [-0.2, -0.15) is 10.2 Å². The fourth-order valence-corrected chi connectivity index (χ4v) is 2.25. The molecule has 1 fully saturated rings. The number of amides is 2. The lowest BCUT2D eigenvalue weighted by Gasteiger charge is -2.21. The molecule has 2 aliphatic rings. The van der Waals surface area contributed by atoms with Crippen LogP contribution in [-0.2, 0) is 4.84 Å². The molecule has 6 heteroatoms. The van der Waals surface area contributed by atoms with E-state index in [1.807, 2.05) is 18.3 Å². The Morgan fingerprint density at radius 2 is 2.50 bits per heavy atom. The number of urea groups is 1. The average molecular weight is 246 g/mol. The van der Waals surface area contributed by atoms with Crippen LogP contribution in [0.4, 0.5) is 4.79 Å². The molecule has 1 atom stereocenters. The lowest BCUT2D eigenvalue weighted by atomic mass is 10.2. The van der Waals surface area contributed by atoms with Crippen LogP contribution in [0.5, 0.6) is 0 Å². The van der Waals surface area contributed by atoms with Crippen LogP contribution in [0.3, 0.4) is 0 Å². The molecule has 2 aliphatic heterocycles. The Labute approximate surface area is 105 Å². The number of fused-ring (bicyclic) bond motifs is 2. The largest absolute Gasteiger partial charge is 0.345 e. The first kappa shape index (κ1) is 11.0. The fourth-order valence-electron chi connectivity index (χ4n) is 2.25. The Bertz CT molecular complexity index is 494. The van der Waals surface area contributed by atoms with E-state index in [2.05, 4.69) is 11.7 Å². The van der Waals surface area contributed by atoms with Crippen molar-refractivity contribution in [3.63, 3.8) is 0 Å². The number of hydrogen-bond acceptors (Lipinski definition) is 3. The molecule has 1 saturated heterocycles. The van der Waals surface area contributed by atoms with E-state index >= 15 is 0 Å². The molecule has 3 rings (SSSR count). The quantitative estimate of drug-likeness (QED) is 0.744. The Hall–Kier alpha value is -2.08. The standard InChI is InChI=1S/C12H14N4O2/c1-2-6-18-16-11-7-10(15-5-3-4-13-15)8-14(9-11)12(16)17/h2-5,7,11H,1,6,8-9H2/t11-/m1/s1. The molecule has 94 valence electrons. The summed E-state index contributed by atoms with van der Waals surface area (Å²) in [7, 11) is 0. The van der Waals surface area contributed by atoms with Crippen molar-refractivity contribution in [2.45, 2.75) is 6.04 Å². The van der Waals surface area contributed by atoms with E-state index in [-0.39, 0.29) is 12.1 Å². The smallest absolute Gasteiger partial charge is 0.314 e. The Balaban J connectivity index is 1.83. The van der Waals surface area contributed by atoms with E-state index in [4.69, 9.17) is 4.84 Å². The van der Waals surface area contributed by atoms with Crippen LogP contribution in [0, 0.1) is 0 Å². The Morgan fingerprint density at radius 3 is 3.22 bits per heavy atom. The fraction of sp³-hybridized carbons (Fsp3) is 0.333. The van der Waals surface area contributed by atoms with Crippen molar-refractivity contribution in [2.24, 2.45) is 0 Å². The molecule has 2 amide bonds. The van der Waals surface area contributed by atoms with Crippen molar-refractivity contribution in [1.82, 2.24) is 19.7 Å². The van der Waals surface area contributed by atoms with Gasteiger partial charge in [-0.25, -0.2) is 9.48 Å². The third-order valence-electron chi connectivity index (χ3n) is 3.04. The molecule has 0 radical (unpaired) electrons. The highest BCUT2D eigenvalue weighted by Gasteiger charge is 2.41. The predicted molar refractivity (Wildman–Crippen MR) is 65.2 cm³/mol. The van der Waals surface area contributed by atoms with Gasteiger partial charge in [0.1, 0.15) is 0 Å². The highest BCUT2D eigenvalue weighted by atomic mass is 16.7. The van der Waals surface area contributed by atoms with Gasteiger partial charge in [0.2, 0.25) is 0 Å². The normalized spacial score (nSPS) is 22.3. The number of carbonyl (C=O) groups excluding carboxylic acids is 1. The zero-order valence-corrected chi connectivity index (χ0v) is 9.90. The molecule has 1 aromatic heterocycles. The minimum atomic E-state index is -0.0970. The third kappa shape index (κ3) is 1.70. The van der Waals surface area contributed by atoms with Crippen molar-refractivity contribution in [3.8, 4) is 0 Å². The molecule has 0 aliphatic carbocycles. The number of aromatic nitrogens is 2. The molecule has 18 heavy (non-hydrogen) atoms. The highest BCUT2D eigenvalue weighted by Crippen LogP contribution is 2.26. The van der Waals surface area contributed by atoms with Gasteiger partial charge in [-0.3, -0.25) is 4.84 Å². The number of hydrogen-bond donors (Lipinski definition) is 0. The summed E-state index contributed by atoms with van der Waals surface area (Å²) in [6, 6.07) is 1.71. The number of hydroxylamine groups is 2. The third-order valence-corrected chi connectivity index (χ3v) is 3.04. The average Bonchev–Trinajstić information content (AvgIpc) is 2.98. The summed E-state index contributed by atoms with van der Waals surface area (Å²) in [5, 5.41) is 5.60. The molecular weight excluding hydrogens is 232 g/mol. The second-order valence-corrected chi connectivity index (χ2v) is 4.25. The highest BCUT2D eigenvalue weighted by molar-refractivity contribution is 5.80. The van der Waals surface area contributed by atoms with Gasteiger partial charge >= 0.3 is 6.03 Å². The second-order valence-electron chi connectivity index (χ2n) is 4.25. The Morgan fingerprint density at radius 1 is 1.61 bits per heavy atom. The molecule has 0 spiro atoms. The molecule has 0 aromatic carbocycles. The molecule has 2 bridgehead atoms. The minimum Gasteiger partial charge on any atom is -0.314 e. The zero-order chi connectivity index (χ0) is 12.5. The molecular formula is C12H14N4O2. The summed E-state index contributed by atoms with van der Waals surface area (Å²) in [5.41, 5.74) is 0.995. The van der Waals surface area contributed by atoms with Crippen molar-refractivity contribution in [2.75, 3.05) is 19.7 Å². The molecule has 0 unspecified atom stereocenters. The summed E-state index contributed by atoms with van der Waals surface area (Å²) < 4.78 is 1.78. The van der Waals surface area contributed by atoms with E-state index in [1.54, 1.807) is 21.9 Å². The van der Waals surface area contributed by atoms with Gasteiger partial charge in [-0.1, -0.05) is 6.08 Å². The summed E-state index contributed by atoms with van der Waals surface area (Å²) >= 11 is 0. The van der Waals surface area contributed by atoms with Gasteiger partial charge in [0, 0.05) is 18.9 Å². The second kappa shape index (κ2) is 4.30. The monoisotopic (exact) mass is 246 g/mol. The topological polar surface area (TPSA) is 50.6 Å². The molecule has 0 N–H and O–H groups in total. The van der Waals surface area contributed by atoms with Crippen LogP contribution in [-0.4, -0.2) is 51.5 Å². The summed E-state index contributed by atoms with van der Waals surface area (Å²) in [4.78, 5) is 19.2. The van der Waals surface area contributed by atoms with Crippen LogP contribution in [0.1, 0.15) is 0 Å². The van der Waals surface area contributed by atoms with Gasteiger partial charge in [-0.15, -0.1) is 6.58 Å². The maximum absolute atomic E-state index is 12.0. The lowest BCUT2D eigenvalue weighted by Crippen LogP contribution is -2.33. The number of carbonyl (C=O) groups is 1. The van der Waals surface area contributed by atoms with E-state index < -0.39 is 0 Å². The minimum absolute atomic E-state index is 0.0506. The maximum Gasteiger partial charge on any atom is 0.345 e. The van der Waals surface area contributed by atoms with Crippen LogP contribution in [0.15, 0.2) is 37.2 Å². The van der Waals surface area contributed by atoms with E-state index in [1.165, 1.54) is 5.06 Å². The zero-order valence-electron chi connectivity index (χ0n) is 9.90. The number of nitrogens with zero attached hydrogens (tertiary/aromatic N) is 4. The van der Waals surface area contributed by atoms with Crippen molar-refractivity contribution in [3.05, 3.63) is 37.2 Å². The number of rotatable bonds is 4. The van der Waals surface area contributed by atoms with E-state index in [0.29, 0.717) is 19.7 Å². The summed E-state index contributed by atoms with van der Waals surface area (Å²) in [5.74, 6) is 0. The summed E-state index contributed by atoms with van der Waals surface area (Å²) in [6.07, 6.45) is 7.25. The van der Waals surface area contributed by atoms with Crippen molar-refractivity contribution >= 4 is 11.7 Å². The van der Waals surface area contributed by atoms with Crippen LogP contribution >= 0.6 is 0 Å². The molecule has 1 aromatic rings. The van der Waals surface area contributed by atoms with E-state index in [0.717, 1.165) is 5.70 Å². The first-order valence-electron chi connectivity index (χ1n) is 5.82. The lowest BCUT2D eigenvalue weighted by molar-refractivity contribution is -0.107. The van der Waals surface area contributed by atoms with Crippen molar-refractivity contribution < 1.29 is 9.63 Å². The predicted octanol–water partition coefficient (Wildman–Crippen LogP) is 0.961. The summed E-state index contributed by atoms with van der Waals surface area (Å²) in [6.45, 7) is 5.14. The first-order valence-corrected chi connectivity index (χ1v) is 5.82. The van der Waals surface area contributed by atoms with Crippen molar-refractivity contribution in [1.29, 1.82) is 0 Å². The maximum atomic E-state index is 12.0. The van der Waals surface area contributed by atoms with Crippen LogP contribution in [0.25, 0.3) is 5.70 Å². The van der Waals surface area contributed by atoms with Gasteiger partial charge in [0.05, 0.1) is 24.9 Å². The Kier molecular flexibility index (Phi) is 2.64. The van der Waals surface area contributed by atoms with Crippen LogP contribution < -0.4 is 0 Å². The van der Waals surface area contributed by atoms with Crippen LogP contribution in [0.2, 0.25) is 0 Å². The van der Waals surface area contributed by atoms with Gasteiger partial charge in [-0.05, 0) is 12.1 Å². The van der Waals surface area contributed by atoms with Gasteiger partial charge in [0.15, 0.2) is 0 Å². The first-order chi connectivity index (χ1) is 8.79. The van der Waals surface area contributed by atoms with Gasteiger partial charge < -0.3 is 4.90 Å².